The van der Waals surface area contributed by atoms with Gasteiger partial charge < -0.3 is 0 Å². The second-order valence-corrected chi connectivity index (χ2v) is 8.56. The van der Waals surface area contributed by atoms with E-state index in [1.165, 1.54) is 0 Å². The molecular weight excluding hydrogens is 396 g/mol. The zero-order valence-electron chi connectivity index (χ0n) is 12.6. The molecule has 0 aliphatic heterocycles. The van der Waals surface area contributed by atoms with Gasteiger partial charge in [-0.2, -0.15) is 5.26 Å². The van der Waals surface area contributed by atoms with Crippen molar-refractivity contribution in [1.29, 1.82) is 5.26 Å². The lowest BCUT2D eigenvalue weighted by molar-refractivity contribution is 0.601. The maximum absolute atomic E-state index is 12.5. The number of nitrogens with one attached hydrogen (secondary N) is 1. The van der Waals surface area contributed by atoms with Crippen LogP contribution in [0.25, 0.3) is 0 Å². The highest BCUT2D eigenvalue weighted by Gasteiger charge is 2.16. The molecule has 23 heavy (non-hydrogen) atoms. The van der Waals surface area contributed by atoms with E-state index in [2.05, 4.69) is 34.5 Å². The normalized spacial score (nSPS) is 11.3. The predicted octanol–water partition coefficient (Wildman–Crippen LogP) is 4.95. The van der Waals surface area contributed by atoms with Crippen LogP contribution >= 0.6 is 27.7 Å². The molecule has 0 aliphatic carbocycles. The Morgan fingerprint density at radius 1 is 1.17 bits per heavy atom. The van der Waals surface area contributed by atoms with Gasteiger partial charge in [0.05, 0.1) is 10.6 Å². The maximum Gasteiger partial charge on any atom is 0.261 e. The summed E-state index contributed by atoms with van der Waals surface area (Å²) in [6.45, 7) is 4.11. The fourth-order valence-electron chi connectivity index (χ4n) is 1.93. The van der Waals surface area contributed by atoms with Crippen LogP contribution in [-0.2, 0) is 10.0 Å². The summed E-state index contributed by atoms with van der Waals surface area (Å²) in [4.78, 5) is 0.952. The Hall–Kier alpha value is -1.49. The fraction of sp³-hybridized carbons (Fsp3) is 0.188. The van der Waals surface area contributed by atoms with E-state index in [0.29, 0.717) is 16.1 Å². The summed E-state index contributed by atoms with van der Waals surface area (Å²) in [5.41, 5.74) is 1.52. The number of benzene rings is 2. The van der Waals surface area contributed by atoms with Crippen molar-refractivity contribution in [2.24, 2.45) is 0 Å². The molecule has 7 heteroatoms. The van der Waals surface area contributed by atoms with Gasteiger partial charge in [-0.25, -0.2) is 8.42 Å². The number of nitriles is 1. The Morgan fingerprint density at radius 3 is 2.35 bits per heavy atom. The minimum absolute atomic E-state index is 0.212. The van der Waals surface area contributed by atoms with Crippen LogP contribution in [-0.4, -0.2) is 8.42 Å². The molecule has 0 fully saturated rings. The molecule has 2 aromatic rings. The molecule has 0 radical (unpaired) electrons. The van der Waals surface area contributed by atoms with Gasteiger partial charge >= 0.3 is 0 Å². The third kappa shape index (κ3) is 4.50. The standard InChI is InChI=1S/C16H15BrN2O2S2/c1-11(2)12-3-6-14(7-4-12)23(20,21)19-16-8-5-13(22-10-18)9-15(16)17/h3-9,11,19H,1-2H3. The minimum Gasteiger partial charge on any atom is -0.278 e. The molecule has 4 nitrogen and oxygen atoms in total. The van der Waals surface area contributed by atoms with Gasteiger partial charge in [-0.3, -0.25) is 4.72 Å². The number of thiocyanates is 1. The smallest absolute Gasteiger partial charge is 0.261 e. The monoisotopic (exact) mass is 410 g/mol. The van der Waals surface area contributed by atoms with Crippen molar-refractivity contribution in [3.8, 4) is 5.40 Å². The van der Waals surface area contributed by atoms with Crippen LogP contribution in [0.4, 0.5) is 5.69 Å². The maximum atomic E-state index is 12.5. The van der Waals surface area contributed by atoms with Gasteiger partial charge in [0.1, 0.15) is 5.40 Å². The second-order valence-electron chi connectivity index (χ2n) is 5.16. The SMILES string of the molecule is CC(C)c1ccc(S(=O)(=O)Nc2ccc(SC#N)cc2Br)cc1. The van der Waals surface area contributed by atoms with Gasteiger partial charge in [0, 0.05) is 9.37 Å². The van der Waals surface area contributed by atoms with Gasteiger partial charge in [-0.05, 0) is 69.5 Å². The lowest BCUT2D eigenvalue weighted by Gasteiger charge is -2.11. The molecule has 0 aliphatic rings. The molecule has 120 valence electrons. The van der Waals surface area contributed by atoms with E-state index in [9.17, 15) is 8.42 Å². The first-order valence-electron chi connectivity index (χ1n) is 6.82. The molecule has 0 saturated carbocycles. The highest BCUT2D eigenvalue weighted by molar-refractivity contribution is 9.10. The largest absolute Gasteiger partial charge is 0.278 e. The number of halogens is 1. The number of hydrogen-bond acceptors (Lipinski definition) is 4. The van der Waals surface area contributed by atoms with Crippen molar-refractivity contribution in [3.05, 3.63) is 52.5 Å². The van der Waals surface area contributed by atoms with E-state index in [1.54, 1.807) is 30.3 Å². The molecular formula is C16H15BrN2O2S2. The first-order chi connectivity index (χ1) is 10.8. The summed E-state index contributed by atoms with van der Waals surface area (Å²) in [7, 11) is -3.66. The lowest BCUT2D eigenvalue weighted by Crippen LogP contribution is -2.13. The van der Waals surface area contributed by atoms with Gasteiger partial charge in [-0.1, -0.05) is 26.0 Å². The van der Waals surface area contributed by atoms with E-state index in [0.717, 1.165) is 22.2 Å². The van der Waals surface area contributed by atoms with Crippen molar-refractivity contribution in [1.82, 2.24) is 0 Å². The predicted molar refractivity (Wildman–Crippen MR) is 97.0 cm³/mol. The minimum atomic E-state index is -3.66. The molecule has 0 amide bonds. The number of thioether (sulfide) groups is 1. The number of nitrogens with zero attached hydrogens (tertiary/aromatic N) is 1. The van der Waals surface area contributed by atoms with Crippen molar-refractivity contribution >= 4 is 43.4 Å². The van der Waals surface area contributed by atoms with E-state index < -0.39 is 10.0 Å². The van der Waals surface area contributed by atoms with E-state index >= 15 is 0 Å². The van der Waals surface area contributed by atoms with Gasteiger partial charge in [0.2, 0.25) is 0 Å². The molecule has 2 rings (SSSR count). The Morgan fingerprint density at radius 2 is 1.83 bits per heavy atom. The molecule has 1 N–H and O–H groups in total. The quantitative estimate of drug-likeness (QED) is 0.559. The number of hydrogen-bond donors (Lipinski definition) is 1. The molecule has 0 heterocycles. The van der Waals surface area contributed by atoms with Crippen LogP contribution in [0.2, 0.25) is 0 Å². The Kier molecular flexibility index (Phi) is 5.74. The van der Waals surface area contributed by atoms with Crippen LogP contribution in [0.1, 0.15) is 25.3 Å². The fourth-order valence-corrected chi connectivity index (χ4v) is 4.19. The average molecular weight is 411 g/mol. The van der Waals surface area contributed by atoms with E-state index in [1.807, 2.05) is 17.5 Å². The van der Waals surface area contributed by atoms with Crippen LogP contribution in [0.3, 0.4) is 0 Å². The van der Waals surface area contributed by atoms with Gasteiger partial charge in [0.25, 0.3) is 10.0 Å². The Balaban J connectivity index is 2.26. The highest BCUT2D eigenvalue weighted by Crippen LogP contribution is 2.30. The number of rotatable bonds is 5. The summed E-state index contributed by atoms with van der Waals surface area (Å²) >= 11 is 4.34. The summed E-state index contributed by atoms with van der Waals surface area (Å²) in [6, 6.07) is 11.9. The average Bonchev–Trinajstić information content (AvgIpc) is 2.50. The molecule has 0 spiro atoms. The van der Waals surface area contributed by atoms with Gasteiger partial charge in [-0.15, -0.1) is 0 Å². The lowest BCUT2D eigenvalue weighted by atomic mass is 10.0. The molecule has 0 aromatic heterocycles. The van der Waals surface area contributed by atoms with Crippen LogP contribution in [0.15, 0.2) is 56.7 Å². The molecule has 0 unspecified atom stereocenters. The first kappa shape index (κ1) is 17.9. The Labute approximate surface area is 149 Å². The summed E-state index contributed by atoms with van der Waals surface area (Å²) in [6.07, 6.45) is 0. The summed E-state index contributed by atoms with van der Waals surface area (Å²) in [5.74, 6) is 0.346. The third-order valence-electron chi connectivity index (χ3n) is 3.21. The van der Waals surface area contributed by atoms with Crippen molar-refractivity contribution in [3.63, 3.8) is 0 Å². The van der Waals surface area contributed by atoms with Crippen LogP contribution in [0, 0.1) is 10.7 Å². The van der Waals surface area contributed by atoms with Crippen molar-refractivity contribution in [2.45, 2.75) is 29.6 Å². The molecule has 0 bridgehead atoms. The first-order valence-corrected chi connectivity index (χ1v) is 9.91. The zero-order chi connectivity index (χ0) is 17.0. The van der Waals surface area contributed by atoms with Crippen molar-refractivity contribution in [2.75, 3.05) is 4.72 Å². The van der Waals surface area contributed by atoms with Crippen LogP contribution < -0.4 is 4.72 Å². The highest BCUT2D eigenvalue weighted by atomic mass is 79.9. The van der Waals surface area contributed by atoms with E-state index in [4.69, 9.17) is 5.26 Å². The second kappa shape index (κ2) is 7.39. The van der Waals surface area contributed by atoms with Gasteiger partial charge in [0.15, 0.2) is 0 Å². The molecule has 0 atom stereocenters. The zero-order valence-corrected chi connectivity index (χ0v) is 15.8. The molecule has 2 aromatic carbocycles. The van der Waals surface area contributed by atoms with Crippen LogP contribution in [0.5, 0.6) is 0 Å². The molecule has 0 saturated heterocycles. The number of anilines is 1. The topological polar surface area (TPSA) is 70.0 Å². The number of sulfonamides is 1. The summed E-state index contributed by atoms with van der Waals surface area (Å²) in [5, 5.41) is 10.6. The Bertz CT molecular complexity index is 841. The summed E-state index contributed by atoms with van der Waals surface area (Å²) < 4.78 is 28.0. The third-order valence-corrected chi connectivity index (χ3v) is 5.82. The van der Waals surface area contributed by atoms with E-state index in [-0.39, 0.29) is 4.90 Å². The van der Waals surface area contributed by atoms with Crippen molar-refractivity contribution < 1.29 is 8.42 Å².